The number of nitrogens with zero attached hydrogens (tertiary/aromatic N) is 2. The van der Waals surface area contributed by atoms with Gasteiger partial charge >= 0.3 is 0 Å². The van der Waals surface area contributed by atoms with Crippen LogP contribution in [-0.2, 0) is 5.41 Å². The van der Waals surface area contributed by atoms with Crippen LogP contribution in [0, 0.1) is 0 Å². The van der Waals surface area contributed by atoms with E-state index < -0.39 is 0 Å². The molecule has 2 aromatic rings. The highest BCUT2D eigenvalue weighted by Gasteiger charge is 2.40. The Kier molecular flexibility index (Phi) is 4.62. The summed E-state index contributed by atoms with van der Waals surface area (Å²) in [5.41, 5.74) is 7.09. The highest BCUT2D eigenvalue weighted by Crippen LogP contribution is 2.52. The van der Waals surface area contributed by atoms with Crippen LogP contribution in [0.1, 0.15) is 56.7 Å². The van der Waals surface area contributed by atoms with E-state index in [4.69, 9.17) is 5.21 Å². The molecule has 0 heterocycles. The molecule has 0 aromatic heterocycles. The molecule has 0 saturated heterocycles. The number of hydrogen-bond acceptors (Lipinski definition) is 4. The molecule has 1 aliphatic rings. The third kappa shape index (κ3) is 2.62. The van der Waals surface area contributed by atoms with Crippen molar-refractivity contribution in [2.24, 2.45) is 10.3 Å². The van der Waals surface area contributed by atoms with Crippen LogP contribution in [0.15, 0.2) is 52.8 Å². The summed E-state index contributed by atoms with van der Waals surface area (Å²) in [5, 5.41) is 25.0. The largest absolute Gasteiger partial charge is 0.411 e. The molecule has 25 heavy (non-hydrogen) atoms. The summed E-state index contributed by atoms with van der Waals surface area (Å²) in [6, 6.07) is 14.8. The molecule has 0 unspecified atom stereocenters. The van der Waals surface area contributed by atoms with Crippen LogP contribution >= 0.6 is 0 Å². The Morgan fingerprint density at radius 2 is 1.60 bits per heavy atom. The zero-order valence-corrected chi connectivity index (χ0v) is 15.0. The second kappa shape index (κ2) is 6.71. The second-order valence-electron chi connectivity index (χ2n) is 6.65. The van der Waals surface area contributed by atoms with E-state index in [-0.39, 0.29) is 5.41 Å². The van der Waals surface area contributed by atoms with E-state index in [1.807, 2.05) is 6.07 Å². The predicted molar refractivity (Wildman–Crippen MR) is 101 cm³/mol. The van der Waals surface area contributed by atoms with Crippen LogP contribution in [0.5, 0.6) is 0 Å². The molecule has 0 fully saturated rings. The second-order valence-corrected chi connectivity index (χ2v) is 6.65. The van der Waals surface area contributed by atoms with E-state index in [1.165, 1.54) is 22.3 Å². The summed E-state index contributed by atoms with van der Waals surface area (Å²) in [7, 11) is 0. The molecule has 3 rings (SSSR count). The van der Waals surface area contributed by atoms with E-state index in [1.54, 1.807) is 6.92 Å². The molecule has 1 aliphatic carbocycles. The first-order chi connectivity index (χ1) is 12.1. The molecule has 2 N–H and O–H groups in total. The van der Waals surface area contributed by atoms with E-state index >= 15 is 0 Å². The first-order valence-electron chi connectivity index (χ1n) is 8.74. The van der Waals surface area contributed by atoms with Crippen molar-refractivity contribution in [1.82, 2.24) is 0 Å². The summed E-state index contributed by atoms with van der Waals surface area (Å²) < 4.78 is 0. The SMILES string of the molecule is CCC1(CC)c2ccccc2-c2ccc(/C(C/C(C)=N/O)=N/O)cc21. The maximum absolute atomic E-state index is 9.44. The molecule has 0 spiro atoms. The van der Waals surface area contributed by atoms with Gasteiger partial charge in [-0.3, -0.25) is 0 Å². The lowest BCUT2D eigenvalue weighted by atomic mass is 9.73. The van der Waals surface area contributed by atoms with Gasteiger partial charge in [0.05, 0.1) is 11.4 Å². The van der Waals surface area contributed by atoms with Gasteiger partial charge in [-0.25, -0.2) is 0 Å². The Hall–Kier alpha value is -2.62. The first-order valence-corrected chi connectivity index (χ1v) is 8.74. The molecular formula is C21H24N2O2. The number of rotatable bonds is 5. The highest BCUT2D eigenvalue weighted by molar-refractivity contribution is 6.12. The number of benzene rings is 2. The van der Waals surface area contributed by atoms with Crippen LogP contribution in [0.25, 0.3) is 11.1 Å². The Morgan fingerprint density at radius 1 is 0.920 bits per heavy atom. The maximum atomic E-state index is 9.44. The van der Waals surface area contributed by atoms with Gasteiger partial charge in [0.2, 0.25) is 0 Å². The van der Waals surface area contributed by atoms with Crippen molar-refractivity contribution in [3.63, 3.8) is 0 Å². The van der Waals surface area contributed by atoms with Crippen LogP contribution in [0.4, 0.5) is 0 Å². The van der Waals surface area contributed by atoms with Crippen LogP contribution in [0.2, 0.25) is 0 Å². The fourth-order valence-electron chi connectivity index (χ4n) is 4.12. The molecule has 0 bridgehead atoms. The Labute approximate surface area is 148 Å². The van der Waals surface area contributed by atoms with Crippen molar-refractivity contribution in [2.45, 2.75) is 45.4 Å². The fraction of sp³-hybridized carbons (Fsp3) is 0.333. The highest BCUT2D eigenvalue weighted by atomic mass is 16.4. The number of hydrogen-bond donors (Lipinski definition) is 2. The lowest BCUT2D eigenvalue weighted by molar-refractivity contribution is 0.315. The third-order valence-electron chi connectivity index (χ3n) is 5.52. The number of oxime groups is 2. The minimum Gasteiger partial charge on any atom is -0.411 e. The van der Waals surface area contributed by atoms with E-state index in [2.05, 4.69) is 60.6 Å². The summed E-state index contributed by atoms with van der Waals surface area (Å²) in [6.45, 7) is 6.16. The monoisotopic (exact) mass is 336 g/mol. The normalized spacial score (nSPS) is 15.8. The first kappa shape index (κ1) is 17.2. The van der Waals surface area contributed by atoms with Gasteiger partial charge in [-0.05, 0) is 48.1 Å². The molecule has 2 aromatic carbocycles. The van der Waals surface area contributed by atoms with Gasteiger partial charge in [-0.1, -0.05) is 60.6 Å². The van der Waals surface area contributed by atoms with Crippen molar-refractivity contribution in [3.05, 3.63) is 59.2 Å². The van der Waals surface area contributed by atoms with Crippen molar-refractivity contribution in [3.8, 4) is 11.1 Å². The van der Waals surface area contributed by atoms with Gasteiger partial charge in [-0.2, -0.15) is 0 Å². The molecule has 130 valence electrons. The zero-order valence-electron chi connectivity index (χ0n) is 15.0. The lowest BCUT2D eigenvalue weighted by Crippen LogP contribution is -2.23. The van der Waals surface area contributed by atoms with Gasteiger partial charge < -0.3 is 10.4 Å². The minimum atomic E-state index is -0.0113. The van der Waals surface area contributed by atoms with E-state index in [0.717, 1.165) is 18.4 Å². The Balaban J connectivity index is 2.16. The van der Waals surface area contributed by atoms with Gasteiger partial charge in [0.1, 0.15) is 0 Å². The quantitative estimate of drug-likeness (QED) is 0.448. The molecule has 0 atom stereocenters. The molecule has 0 amide bonds. The average Bonchev–Trinajstić information content (AvgIpc) is 2.95. The van der Waals surface area contributed by atoms with Crippen molar-refractivity contribution in [1.29, 1.82) is 0 Å². The summed E-state index contributed by atoms with van der Waals surface area (Å²) in [4.78, 5) is 0. The molecular weight excluding hydrogens is 312 g/mol. The fourth-order valence-corrected chi connectivity index (χ4v) is 4.12. The summed E-state index contributed by atoms with van der Waals surface area (Å²) in [6.07, 6.45) is 2.34. The molecule has 4 heteroatoms. The molecule has 4 nitrogen and oxygen atoms in total. The lowest BCUT2D eigenvalue weighted by Gasteiger charge is -2.30. The predicted octanol–water partition coefficient (Wildman–Crippen LogP) is 5.19. The molecule has 0 aliphatic heterocycles. The van der Waals surface area contributed by atoms with E-state index in [9.17, 15) is 5.21 Å². The minimum absolute atomic E-state index is 0.0113. The molecule has 0 saturated carbocycles. The smallest absolute Gasteiger partial charge is 0.0925 e. The van der Waals surface area contributed by atoms with Crippen LogP contribution in [-0.4, -0.2) is 21.8 Å². The van der Waals surface area contributed by atoms with Gasteiger partial charge in [0.25, 0.3) is 0 Å². The third-order valence-corrected chi connectivity index (χ3v) is 5.52. The standard InChI is InChI=1S/C21H24N2O2/c1-4-21(5-2)18-9-7-6-8-16(18)17-11-10-15(13-19(17)21)20(23-25)12-14(3)22-24/h6-11,13,24-25H,4-5,12H2,1-3H3/b22-14+,23-20+. The van der Waals surface area contributed by atoms with Crippen LogP contribution in [0.3, 0.4) is 0 Å². The number of fused-ring (bicyclic) bond motifs is 3. The summed E-state index contributed by atoms with van der Waals surface area (Å²) in [5.74, 6) is 0. The Morgan fingerprint density at radius 3 is 2.24 bits per heavy atom. The summed E-state index contributed by atoms with van der Waals surface area (Å²) >= 11 is 0. The van der Waals surface area contributed by atoms with E-state index in [0.29, 0.717) is 17.8 Å². The van der Waals surface area contributed by atoms with Gasteiger partial charge in [0, 0.05) is 17.4 Å². The average molecular weight is 336 g/mol. The van der Waals surface area contributed by atoms with Crippen molar-refractivity contribution < 1.29 is 10.4 Å². The topological polar surface area (TPSA) is 65.2 Å². The van der Waals surface area contributed by atoms with Gasteiger partial charge in [-0.15, -0.1) is 0 Å². The Bertz CT molecular complexity index is 849. The van der Waals surface area contributed by atoms with Gasteiger partial charge in [0.15, 0.2) is 0 Å². The van der Waals surface area contributed by atoms with Crippen molar-refractivity contribution >= 4 is 11.4 Å². The van der Waals surface area contributed by atoms with Crippen molar-refractivity contribution in [2.75, 3.05) is 0 Å². The zero-order chi connectivity index (χ0) is 18.0. The molecule has 0 radical (unpaired) electrons. The maximum Gasteiger partial charge on any atom is 0.0925 e. The van der Waals surface area contributed by atoms with Crippen LogP contribution < -0.4 is 0 Å².